The van der Waals surface area contributed by atoms with Crippen molar-refractivity contribution in [2.75, 3.05) is 5.32 Å². The maximum atomic E-state index is 13.4. The van der Waals surface area contributed by atoms with Crippen LogP contribution in [0.2, 0.25) is 0 Å². The van der Waals surface area contributed by atoms with E-state index in [-0.39, 0.29) is 10.0 Å². The molecule has 104 valence electrons. The molecule has 0 saturated heterocycles. The molecular formula is C13H6BrF4NO. The van der Waals surface area contributed by atoms with Gasteiger partial charge in [0.2, 0.25) is 0 Å². The fraction of sp³-hybridized carbons (Fsp3) is 0. The van der Waals surface area contributed by atoms with Crippen LogP contribution in [-0.2, 0) is 0 Å². The minimum Gasteiger partial charge on any atom is -0.317 e. The van der Waals surface area contributed by atoms with Gasteiger partial charge in [-0.3, -0.25) is 4.79 Å². The summed E-state index contributed by atoms with van der Waals surface area (Å²) in [4.78, 5) is 11.8. The molecule has 0 unspecified atom stereocenters. The molecule has 0 aliphatic rings. The van der Waals surface area contributed by atoms with Crippen LogP contribution in [0.3, 0.4) is 0 Å². The van der Waals surface area contributed by atoms with Gasteiger partial charge in [0, 0.05) is 12.1 Å². The van der Waals surface area contributed by atoms with Gasteiger partial charge in [-0.05, 0) is 28.1 Å². The molecule has 0 aliphatic carbocycles. The highest BCUT2D eigenvalue weighted by Crippen LogP contribution is 2.24. The average Bonchev–Trinajstić information content (AvgIpc) is 2.36. The van der Waals surface area contributed by atoms with E-state index in [4.69, 9.17) is 0 Å². The van der Waals surface area contributed by atoms with Crippen molar-refractivity contribution in [3.63, 3.8) is 0 Å². The second kappa shape index (κ2) is 5.62. The van der Waals surface area contributed by atoms with Crippen molar-refractivity contribution >= 4 is 27.5 Å². The Balaban J connectivity index is 2.36. The maximum Gasteiger partial charge on any atom is 0.257 e. The first-order valence-electron chi connectivity index (χ1n) is 5.30. The standard InChI is InChI=1S/C13H6BrF4NO/c14-11-7(2-1-3-8(11)16)13(20)19-12-9(17)4-6(15)5-10(12)18/h1-5H,(H,19,20). The van der Waals surface area contributed by atoms with E-state index in [1.54, 1.807) is 0 Å². The monoisotopic (exact) mass is 347 g/mol. The number of benzene rings is 2. The summed E-state index contributed by atoms with van der Waals surface area (Å²) in [7, 11) is 0. The summed E-state index contributed by atoms with van der Waals surface area (Å²) in [6.07, 6.45) is 0. The van der Waals surface area contributed by atoms with Gasteiger partial charge in [-0.15, -0.1) is 0 Å². The number of halogens is 5. The minimum absolute atomic E-state index is 0.138. The Morgan fingerprint density at radius 2 is 1.60 bits per heavy atom. The van der Waals surface area contributed by atoms with Crippen LogP contribution in [0.25, 0.3) is 0 Å². The topological polar surface area (TPSA) is 29.1 Å². The van der Waals surface area contributed by atoms with Crippen molar-refractivity contribution in [3.05, 3.63) is 63.6 Å². The van der Waals surface area contributed by atoms with E-state index in [1.807, 2.05) is 5.32 Å². The first kappa shape index (κ1) is 14.5. The van der Waals surface area contributed by atoms with Gasteiger partial charge in [0.25, 0.3) is 5.91 Å². The second-order valence-electron chi connectivity index (χ2n) is 3.80. The van der Waals surface area contributed by atoms with E-state index in [0.717, 1.165) is 6.07 Å². The molecule has 0 bridgehead atoms. The SMILES string of the molecule is O=C(Nc1c(F)cc(F)cc1F)c1cccc(F)c1Br. The minimum atomic E-state index is -1.26. The first-order chi connectivity index (χ1) is 9.40. The summed E-state index contributed by atoms with van der Waals surface area (Å²) < 4.78 is 52.6. The summed E-state index contributed by atoms with van der Waals surface area (Å²) in [5.74, 6) is -5.25. The summed E-state index contributed by atoms with van der Waals surface area (Å²) in [6, 6.07) is 4.51. The summed E-state index contributed by atoms with van der Waals surface area (Å²) in [5, 5.41) is 1.94. The van der Waals surface area contributed by atoms with Crippen molar-refractivity contribution in [2.45, 2.75) is 0 Å². The zero-order valence-corrected chi connectivity index (χ0v) is 11.3. The van der Waals surface area contributed by atoms with Crippen molar-refractivity contribution in [1.29, 1.82) is 0 Å². The smallest absolute Gasteiger partial charge is 0.257 e. The number of amides is 1. The highest BCUT2D eigenvalue weighted by Gasteiger charge is 2.18. The zero-order valence-electron chi connectivity index (χ0n) is 9.68. The number of nitrogens with one attached hydrogen (secondary N) is 1. The third-order valence-electron chi connectivity index (χ3n) is 2.44. The molecule has 0 aliphatic heterocycles. The van der Waals surface area contributed by atoms with Crippen LogP contribution < -0.4 is 5.32 Å². The van der Waals surface area contributed by atoms with E-state index in [9.17, 15) is 22.4 Å². The Morgan fingerprint density at radius 3 is 2.20 bits per heavy atom. The lowest BCUT2D eigenvalue weighted by Gasteiger charge is -2.09. The van der Waals surface area contributed by atoms with E-state index in [1.165, 1.54) is 12.1 Å². The summed E-state index contributed by atoms with van der Waals surface area (Å²) in [5.41, 5.74) is -0.944. The molecular weight excluding hydrogens is 342 g/mol. The van der Waals surface area contributed by atoms with E-state index in [2.05, 4.69) is 15.9 Å². The van der Waals surface area contributed by atoms with Crippen molar-refractivity contribution in [3.8, 4) is 0 Å². The normalized spacial score (nSPS) is 10.4. The number of rotatable bonds is 2. The number of hydrogen-bond acceptors (Lipinski definition) is 1. The largest absolute Gasteiger partial charge is 0.317 e. The van der Waals surface area contributed by atoms with Crippen molar-refractivity contribution in [1.82, 2.24) is 0 Å². The second-order valence-corrected chi connectivity index (χ2v) is 4.59. The van der Waals surface area contributed by atoms with Crippen LogP contribution in [0.15, 0.2) is 34.8 Å². The van der Waals surface area contributed by atoms with Crippen molar-refractivity contribution < 1.29 is 22.4 Å². The van der Waals surface area contributed by atoms with Gasteiger partial charge < -0.3 is 5.32 Å². The highest BCUT2D eigenvalue weighted by molar-refractivity contribution is 9.10. The fourth-order valence-corrected chi connectivity index (χ4v) is 1.97. The Hall–Kier alpha value is -1.89. The van der Waals surface area contributed by atoms with Gasteiger partial charge in [0.15, 0.2) is 11.6 Å². The summed E-state index contributed by atoms with van der Waals surface area (Å²) >= 11 is 2.86. The number of carbonyl (C=O) groups excluding carboxylic acids is 1. The van der Waals surface area contributed by atoms with Crippen LogP contribution in [0.5, 0.6) is 0 Å². The molecule has 0 atom stereocenters. The lowest BCUT2D eigenvalue weighted by atomic mass is 10.2. The maximum absolute atomic E-state index is 13.4. The Bertz CT molecular complexity index is 667. The molecule has 1 amide bonds. The molecule has 0 fully saturated rings. The molecule has 2 aromatic carbocycles. The predicted molar refractivity (Wildman–Crippen MR) is 68.4 cm³/mol. The van der Waals surface area contributed by atoms with Crippen LogP contribution in [-0.4, -0.2) is 5.91 Å². The summed E-state index contributed by atoms with van der Waals surface area (Å²) in [6.45, 7) is 0. The van der Waals surface area contributed by atoms with Crippen LogP contribution in [0.1, 0.15) is 10.4 Å². The molecule has 1 N–H and O–H groups in total. The molecule has 20 heavy (non-hydrogen) atoms. The third-order valence-corrected chi connectivity index (χ3v) is 3.25. The van der Waals surface area contributed by atoms with Crippen LogP contribution >= 0.6 is 15.9 Å². The molecule has 0 heterocycles. The quantitative estimate of drug-likeness (QED) is 0.808. The molecule has 0 radical (unpaired) electrons. The zero-order chi connectivity index (χ0) is 14.9. The Labute approximate surface area is 119 Å². The molecule has 0 spiro atoms. The number of anilines is 1. The van der Waals surface area contributed by atoms with Crippen molar-refractivity contribution in [2.24, 2.45) is 0 Å². The molecule has 2 nitrogen and oxygen atoms in total. The van der Waals surface area contributed by atoms with Crippen LogP contribution in [0, 0.1) is 23.3 Å². The van der Waals surface area contributed by atoms with Crippen LogP contribution in [0.4, 0.5) is 23.2 Å². The van der Waals surface area contributed by atoms with Gasteiger partial charge >= 0.3 is 0 Å². The first-order valence-corrected chi connectivity index (χ1v) is 6.09. The van der Waals surface area contributed by atoms with E-state index >= 15 is 0 Å². The molecule has 0 aromatic heterocycles. The van der Waals surface area contributed by atoms with Gasteiger partial charge in [0.1, 0.15) is 17.3 Å². The number of carbonyl (C=O) groups is 1. The Morgan fingerprint density at radius 1 is 1.00 bits per heavy atom. The predicted octanol–water partition coefficient (Wildman–Crippen LogP) is 4.26. The molecule has 2 aromatic rings. The molecule has 0 saturated carbocycles. The van der Waals surface area contributed by atoms with Gasteiger partial charge in [-0.25, -0.2) is 17.6 Å². The fourth-order valence-electron chi connectivity index (χ4n) is 1.52. The average molecular weight is 348 g/mol. The van der Waals surface area contributed by atoms with Gasteiger partial charge in [-0.1, -0.05) is 6.07 Å². The van der Waals surface area contributed by atoms with E-state index < -0.39 is 34.9 Å². The highest BCUT2D eigenvalue weighted by atomic mass is 79.9. The lowest BCUT2D eigenvalue weighted by Crippen LogP contribution is -2.15. The number of hydrogen-bond donors (Lipinski definition) is 1. The molecule has 7 heteroatoms. The van der Waals surface area contributed by atoms with E-state index in [0.29, 0.717) is 12.1 Å². The van der Waals surface area contributed by atoms with Gasteiger partial charge in [0.05, 0.1) is 10.0 Å². The lowest BCUT2D eigenvalue weighted by molar-refractivity contribution is 0.102. The third kappa shape index (κ3) is 2.82. The van der Waals surface area contributed by atoms with Gasteiger partial charge in [-0.2, -0.15) is 0 Å². The molecule has 2 rings (SSSR count). The Kier molecular flexibility index (Phi) is 4.08.